The molecule has 0 atom stereocenters. The number of carbonyl (C=O) groups excluding carboxylic acids is 1. The summed E-state index contributed by atoms with van der Waals surface area (Å²) >= 11 is 2.22. The van der Waals surface area contributed by atoms with Gasteiger partial charge in [0.2, 0.25) is 12.3 Å². The maximum Gasteiger partial charge on any atom is 0.227 e. The van der Waals surface area contributed by atoms with Crippen molar-refractivity contribution in [2.75, 3.05) is 0 Å². The number of rotatable bonds is 3. The molecule has 0 unspecified atom stereocenters. The average Bonchev–Trinajstić information content (AvgIpc) is 2.31. The molecule has 5 heteroatoms. The van der Waals surface area contributed by atoms with Crippen LogP contribution in [-0.4, -0.2) is 10.8 Å². The van der Waals surface area contributed by atoms with Gasteiger partial charge in [0.05, 0.1) is 12.4 Å². The van der Waals surface area contributed by atoms with Gasteiger partial charge in [-0.05, 0) is 34.7 Å². The van der Waals surface area contributed by atoms with Crippen molar-refractivity contribution in [1.29, 1.82) is 0 Å². The van der Waals surface area contributed by atoms with Crippen molar-refractivity contribution in [2.45, 2.75) is 6.54 Å². The van der Waals surface area contributed by atoms with E-state index in [0.717, 1.165) is 9.13 Å². The maximum atomic E-state index is 11.9. The topological polar surface area (TPSA) is 33.8 Å². The molecule has 0 N–H and O–H groups in total. The summed E-state index contributed by atoms with van der Waals surface area (Å²) in [5.41, 5.74) is 0.740. The molecule has 1 aromatic heterocycles. The van der Waals surface area contributed by atoms with Gasteiger partial charge in [0, 0.05) is 9.13 Å². The molecule has 88 valence electrons. The van der Waals surface area contributed by atoms with Crippen LogP contribution >= 0.6 is 22.6 Å². The summed E-state index contributed by atoms with van der Waals surface area (Å²) in [5, 5.41) is 0. The number of benzene rings is 1. The van der Waals surface area contributed by atoms with Crippen molar-refractivity contribution in [2.24, 2.45) is 0 Å². The lowest BCUT2D eigenvalue weighted by molar-refractivity contribution is -0.683. The lowest BCUT2D eigenvalue weighted by Crippen LogP contribution is -3.00. The summed E-state index contributed by atoms with van der Waals surface area (Å²) in [6.45, 7) is 0.350. The Morgan fingerprint density at radius 3 is 2.35 bits per heavy atom. The molecule has 0 bridgehead atoms. The summed E-state index contributed by atoms with van der Waals surface area (Å²) in [7, 11) is 0. The normalized spacial score (nSPS) is 9.47. The van der Waals surface area contributed by atoms with E-state index in [-0.39, 0.29) is 22.8 Å². The number of Topliss-reactive ketones (excluding diaryl/α,β-unsaturated/α-hetero) is 1. The zero-order valence-electron chi connectivity index (χ0n) is 8.88. The summed E-state index contributed by atoms with van der Waals surface area (Å²) in [4.78, 5) is 15.8. The second kappa shape index (κ2) is 6.80. The molecule has 17 heavy (non-hydrogen) atoms. The minimum absolute atomic E-state index is 0. The molecule has 0 radical (unpaired) electrons. The largest absolute Gasteiger partial charge is 1.00 e. The Labute approximate surface area is 124 Å². The molecule has 0 saturated carbocycles. The highest BCUT2D eigenvalue weighted by molar-refractivity contribution is 14.1. The molecule has 0 aliphatic carbocycles. The molecule has 0 saturated heterocycles. The third-order valence-corrected chi connectivity index (χ3v) is 2.90. The van der Waals surface area contributed by atoms with Crippen LogP contribution in [0, 0.1) is 3.57 Å². The van der Waals surface area contributed by atoms with Crippen LogP contribution in [0.2, 0.25) is 0 Å². The summed E-state index contributed by atoms with van der Waals surface area (Å²) < 4.78 is 2.94. The van der Waals surface area contributed by atoms with E-state index in [9.17, 15) is 4.79 Å². The predicted molar refractivity (Wildman–Crippen MR) is 67.9 cm³/mol. The van der Waals surface area contributed by atoms with Crippen LogP contribution < -0.4 is 21.5 Å². The number of carbonyl (C=O) groups is 1. The fraction of sp³-hybridized carbons (Fsp3) is 0.0833. The molecule has 3 nitrogen and oxygen atoms in total. The van der Waals surface area contributed by atoms with Crippen molar-refractivity contribution in [3.8, 4) is 0 Å². The molecule has 1 heterocycles. The van der Waals surface area contributed by atoms with Gasteiger partial charge in [0.1, 0.15) is 0 Å². The van der Waals surface area contributed by atoms with Crippen molar-refractivity contribution in [1.82, 2.24) is 4.98 Å². The number of ketones is 1. The summed E-state index contributed by atoms with van der Waals surface area (Å²) in [6.07, 6.45) is 6.90. The highest BCUT2D eigenvalue weighted by atomic mass is 127. The van der Waals surface area contributed by atoms with Crippen molar-refractivity contribution < 1.29 is 26.3 Å². The Bertz CT molecular complexity index is 488. The van der Waals surface area contributed by atoms with Crippen LogP contribution in [0.1, 0.15) is 10.4 Å². The third kappa shape index (κ3) is 4.16. The van der Waals surface area contributed by atoms with Crippen molar-refractivity contribution in [3.63, 3.8) is 0 Å². The van der Waals surface area contributed by atoms with E-state index in [1.807, 2.05) is 28.8 Å². The number of hydrogen-bond acceptors (Lipinski definition) is 2. The van der Waals surface area contributed by atoms with E-state index in [0.29, 0.717) is 6.54 Å². The number of aromatic nitrogens is 2. The van der Waals surface area contributed by atoms with E-state index in [2.05, 4.69) is 27.6 Å². The fourth-order valence-electron chi connectivity index (χ4n) is 1.35. The Morgan fingerprint density at radius 1 is 1.18 bits per heavy atom. The quantitative estimate of drug-likeness (QED) is 0.368. The van der Waals surface area contributed by atoms with Gasteiger partial charge < -0.3 is 17.0 Å². The highest BCUT2D eigenvalue weighted by Gasteiger charge is 2.10. The molecule has 0 amide bonds. The molecule has 2 aromatic rings. The summed E-state index contributed by atoms with van der Waals surface area (Å²) in [5.74, 6) is 0.104. The van der Waals surface area contributed by atoms with Crippen molar-refractivity contribution in [3.05, 3.63) is 58.2 Å². The van der Waals surface area contributed by atoms with E-state index in [1.54, 1.807) is 24.8 Å². The first kappa shape index (κ1) is 14.2. The van der Waals surface area contributed by atoms with Crippen LogP contribution in [-0.2, 0) is 6.54 Å². The van der Waals surface area contributed by atoms with Crippen molar-refractivity contribution >= 4 is 28.4 Å². The first-order valence-corrected chi connectivity index (χ1v) is 5.91. The Kier molecular flexibility index (Phi) is 5.70. The Balaban J connectivity index is 0.00000144. The molecule has 0 aliphatic heterocycles. The standard InChI is InChI=1S/C12H10IN2O.BrH/c13-11-3-1-10(2-4-11)12(16)9-15-7-5-14-6-8-15;/h1-8H,9H2;1H/q+1;/p-1. The monoisotopic (exact) mass is 404 g/mol. The van der Waals surface area contributed by atoms with Gasteiger partial charge in [0.15, 0.2) is 12.4 Å². The van der Waals surface area contributed by atoms with Gasteiger partial charge in [-0.25, -0.2) is 0 Å². The van der Waals surface area contributed by atoms with Gasteiger partial charge >= 0.3 is 0 Å². The van der Waals surface area contributed by atoms with Crippen LogP contribution in [0.5, 0.6) is 0 Å². The number of nitrogens with zero attached hydrogens (tertiary/aromatic N) is 2. The molecule has 2 rings (SSSR count). The zero-order chi connectivity index (χ0) is 11.4. The molecular formula is C12H10BrIN2O. The van der Waals surface area contributed by atoms with Gasteiger partial charge in [-0.2, -0.15) is 4.57 Å². The maximum absolute atomic E-state index is 11.9. The Hall–Kier alpha value is -0.820. The second-order valence-corrected chi connectivity index (χ2v) is 4.59. The van der Waals surface area contributed by atoms with Crippen LogP contribution in [0.25, 0.3) is 0 Å². The van der Waals surface area contributed by atoms with E-state index >= 15 is 0 Å². The van der Waals surface area contributed by atoms with E-state index in [4.69, 9.17) is 0 Å². The van der Waals surface area contributed by atoms with Gasteiger partial charge in [0.25, 0.3) is 0 Å². The van der Waals surface area contributed by atoms with Crippen LogP contribution in [0.4, 0.5) is 0 Å². The molecule has 0 fully saturated rings. The molecule has 1 aromatic carbocycles. The van der Waals surface area contributed by atoms with E-state index in [1.165, 1.54) is 0 Å². The first-order valence-electron chi connectivity index (χ1n) is 4.83. The SMILES string of the molecule is O=C(C[n+]1ccncc1)c1ccc(I)cc1.[Br-]. The smallest absolute Gasteiger partial charge is 0.227 e. The number of hydrogen-bond donors (Lipinski definition) is 0. The third-order valence-electron chi connectivity index (χ3n) is 2.18. The lowest BCUT2D eigenvalue weighted by Gasteiger charge is -1.98. The lowest BCUT2D eigenvalue weighted by atomic mass is 10.1. The zero-order valence-corrected chi connectivity index (χ0v) is 12.6. The van der Waals surface area contributed by atoms with Gasteiger partial charge in [-0.1, -0.05) is 12.1 Å². The van der Waals surface area contributed by atoms with E-state index < -0.39 is 0 Å². The Morgan fingerprint density at radius 2 is 1.76 bits per heavy atom. The second-order valence-electron chi connectivity index (χ2n) is 3.35. The highest BCUT2D eigenvalue weighted by Crippen LogP contribution is 2.07. The van der Waals surface area contributed by atoms with Crippen LogP contribution in [0.15, 0.2) is 49.1 Å². The molecular weight excluding hydrogens is 395 g/mol. The summed E-state index contributed by atoms with van der Waals surface area (Å²) in [6, 6.07) is 7.58. The predicted octanol–water partition coefficient (Wildman–Crippen LogP) is -1.14. The van der Waals surface area contributed by atoms with Gasteiger partial charge in [-0.15, -0.1) is 0 Å². The fourth-order valence-corrected chi connectivity index (χ4v) is 1.71. The molecule has 0 spiro atoms. The van der Waals surface area contributed by atoms with Crippen LogP contribution in [0.3, 0.4) is 0 Å². The minimum Gasteiger partial charge on any atom is -1.00 e. The average molecular weight is 405 g/mol. The first-order chi connectivity index (χ1) is 7.75. The molecule has 0 aliphatic rings. The van der Waals surface area contributed by atoms with Gasteiger partial charge in [-0.3, -0.25) is 9.78 Å². The number of halogens is 2. The minimum atomic E-state index is 0.